The Kier molecular flexibility index (Phi) is 2.04. The third kappa shape index (κ3) is 1.44. The first kappa shape index (κ1) is 9.77. The van der Waals surface area contributed by atoms with E-state index in [1.54, 1.807) is 18.2 Å². The van der Waals surface area contributed by atoms with Gasteiger partial charge in [-0.15, -0.1) is 0 Å². The first-order chi connectivity index (χ1) is 8.29. The highest BCUT2D eigenvalue weighted by atomic mass is 19.1. The predicted octanol–water partition coefficient (Wildman–Crippen LogP) is 2.77. The van der Waals surface area contributed by atoms with Crippen LogP contribution in [0.25, 0.3) is 22.4 Å². The molecule has 0 aliphatic rings. The third-order valence-corrected chi connectivity index (χ3v) is 2.51. The van der Waals surface area contributed by atoms with Crippen LogP contribution >= 0.6 is 0 Å². The van der Waals surface area contributed by atoms with Crippen molar-refractivity contribution in [2.45, 2.75) is 0 Å². The molecule has 84 valence electrons. The number of rotatable bonds is 2. The van der Waals surface area contributed by atoms with Gasteiger partial charge in [-0.1, -0.05) is 6.07 Å². The quantitative estimate of drug-likeness (QED) is 0.688. The smallest absolute Gasteiger partial charge is 0.185 e. The number of benzene rings is 1. The maximum atomic E-state index is 13.7. The molecule has 0 unspecified atom stereocenters. The Balaban J connectivity index is 2.27. The molecule has 5 heteroatoms. The van der Waals surface area contributed by atoms with Gasteiger partial charge in [0.1, 0.15) is 11.5 Å². The third-order valence-electron chi connectivity index (χ3n) is 2.51. The lowest BCUT2D eigenvalue weighted by Crippen LogP contribution is -1.79. The van der Waals surface area contributed by atoms with Crippen LogP contribution in [0.5, 0.6) is 0 Å². The zero-order valence-electron chi connectivity index (χ0n) is 8.61. The largest absolute Gasteiger partial charge is 0.452 e. The summed E-state index contributed by atoms with van der Waals surface area (Å²) in [5.41, 5.74) is 0.954. The van der Waals surface area contributed by atoms with Crippen molar-refractivity contribution < 1.29 is 13.6 Å². The molecule has 3 aromatic rings. The minimum Gasteiger partial charge on any atom is -0.452 e. The monoisotopic (exact) mass is 230 g/mol. The number of aromatic amines is 1. The van der Waals surface area contributed by atoms with Gasteiger partial charge in [0.2, 0.25) is 0 Å². The summed E-state index contributed by atoms with van der Waals surface area (Å²) in [4.78, 5) is 10.5. The maximum Gasteiger partial charge on any atom is 0.185 e. The highest BCUT2D eigenvalue weighted by molar-refractivity contribution is 5.92. The molecule has 4 nitrogen and oxygen atoms in total. The highest BCUT2D eigenvalue weighted by Gasteiger charge is 2.15. The summed E-state index contributed by atoms with van der Waals surface area (Å²) in [5, 5.41) is 7.08. The second-order valence-electron chi connectivity index (χ2n) is 3.55. The summed E-state index contributed by atoms with van der Waals surface area (Å²) in [6, 6.07) is 7.78. The minimum absolute atomic E-state index is 0.187. The van der Waals surface area contributed by atoms with Gasteiger partial charge in [-0.2, -0.15) is 5.10 Å². The lowest BCUT2D eigenvalue weighted by atomic mass is 10.2. The number of H-pyrrole nitrogens is 1. The van der Waals surface area contributed by atoms with E-state index < -0.39 is 0 Å². The number of nitrogens with one attached hydrogen (secondary N) is 1. The van der Waals surface area contributed by atoms with E-state index in [4.69, 9.17) is 4.42 Å². The number of aromatic nitrogens is 2. The number of aldehydes is 1. The summed E-state index contributed by atoms with van der Waals surface area (Å²) in [6.07, 6.45) is 0.592. The normalized spacial score (nSPS) is 10.9. The first-order valence-electron chi connectivity index (χ1n) is 4.97. The number of furan rings is 1. The van der Waals surface area contributed by atoms with E-state index in [9.17, 15) is 9.18 Å². The average Bonchev–Trinajstić information content (AvgIpc) is 2.94. The fourth-order valence-electron chi connectivity index (χ4n) is 1.75. The SMILES string of the molecule is O=Cc1ccc(-c2n[nH]c3cccc(F)c23)o1. The molecule has 0 atom stereocenters. The molecule has 0 spiro atoms. The van der Waals surface area contributed by atoms with Crippen molar-refractivity contribution >= 4 is 17.2 Å². The van der Waals surface area contributed by atoms with Crippen LogP contribution in [0.4, 0.5) is 4.39 Å². The molecule has 0 bridgehead atoms. The molecule has 0 amide bonds. The number of fused-ring (bicyclic) bond motifs is 1. The molecular weight excluding hydrogens is 223 g/mol. The van der Waals surface area contributed by atoms with E-state index in [2.05, 4.69) is 10.2 Å². The number of halogens is 1. The van der Waals surface area contributed by atoms with Gasteiger partial charge in [-0.05, 0) is 24.3 Å². The topological polar surface area (TPSA) is 58.9 Å². The van der Waals surface area contributed by atoms with E-state index in [1.807, 2.05) is 0 Å². The average molecular weight is 230 g/mol. The molecule has 1 aromatic carbocycles. The zero-order valence-corrected chi connectivity index (χ0v) is 8.61. The predicted molar refractivity (Wildman–Crippen MR) is 59.1 cm³/mol. The number of carbonyl (C=O) groups excluding carboxylic acids is 1. The molecule has 2 heterocycles. The Hall–Kier alpha value is -2.43. The molecule has 17 heavy (non-hydrogen) atoms. The van der Waals surface area contributed by atoms with Gasteiger partial charge in [-0.3, -0.25) is 9.89 Å². The molecule has 0 aliphatic carbocycles. The van der Waals surface area contributed by atoms with Crippen molar-refractivity contribution in [2.24, 2.45) is 0 Å². The summed E-state index contributed by atoms with van der Waals surface area (Å²) in [6.45, 7) is 0. The Morgan fingerprint density at radius 1 is 1.29 bits per heavy atom. The first-order valence-corrected chi connectivity index (χ1v) is 4.97. The van der Waals surface area contributed by atoms with E-state index in [1.165, 1.54) is 12.1 Å². The molecule has 0 radical (unpaired) electrons. The van der Waals surface area contributed by atoms with Crippen LogP contribution in [0.15, 0.2) is 34.7 Å². The molecule has 0 saturated heterocycles. The Morgan fingerprint density at radius 3 is 2.94 bits per heavy atom. The van der Waals surface area contributed by atoms with E-state index in [-0.39, 0.29) is 11.6 Å². The van der Waals surface area contributed by atoms with Gasteiger partial charge in [0.05, 0.1) is 10.9 Å². The van der Waals surface area contributed by atoms with Crippen LogP contribution < -0.4 is 0 Å². The Morgan fingerprint density at radius 2 is 2.18 bits per heavy atom. The van der Waals surface area contributed by atoms with Gasteiger partial charge in [0, 0.05) is 0 Å². The molecule has 0 saturated carbocycles. The van der Waals surface area contributed by atoms with Gasteiger partial charge in [0.15, 0.2) is 17.8 Å². The van der Waals surface area contributed by atoms with Crippen molar-refractivity contribution in [1.82, 2.24) is 10.2 Å². The lowest BCUT2D eigenvalue weighted by molar-refractivity contribution is 0.110. The van der Waals surface area contributed by atoms with Crippen molar-refractivity contribution in [3.05, 3.63) is 41.9 Å². The van der Waals surface area contributed by atoms with Crippen LogP contribution in [0.1, 0.15) is 10.6 Å². The molecule has 0 aliphatic heterocycles. The summed E-state index contributed by atoms with van der Waals surface area (Å²) < 4.78 is 18.9. The molecule has 0 fully saturated rings. The van der Waals surface area contributed by atoms with Crippen LogP contribution in [0.3, 0.4) is 0 Å². The van der Waals surface area contributed by atoms with Crippen molar-refractivity contribution in [1.29, 1.82) is 0 Å². The number of hydrogen-bond donors (Lipinski definition) is 1. The van der Waals surface area contributed by atoms with Gasteiger partial charge < -0.3 is 4.42 Å². The van der Waals surface area contributed by atoms with E-state index >= 15 is 0 Å². The van der Waals surface area contributed by atoms with Crippen molar-refractivity contribution in [3.8, 4) is 11.5 Å². The van der Waals surface area contributed by atoms with Crippen LogP contribution in [0, 0.1) is 5.82 Å². The number of carbonyl (C=O) groups is 1. The van der Waals surface area contributed by atoms with E-state index in [0.29, 0.717) is 28.6 Å². The minimum atomic E-state index is -0.379. The van der Waals surface area contributed by atoms with Gasteiger partial charge in [0.25, 0.3) is 0 Å². The summed E-state index contributed by atoms with van der Waals surface area (Å²) in [7, 11) is 0. The van der Waals surface area contributed by atoms with Crippen LogP contribution in [-0.2, 0) is 0 Å². The van der Waals surface area contributed by atoms with Crippen molar-refractivity contribution in [2.75, 3.05) is 0 Å². The van der Waals surface area contributed by atoms with Crippen LogP contribution in [-0.4, -0.2) is 16.5 Å². The number of hydrogen-bond acceptors (Lipinski definition) is 3. The van der Waals surface area contributed by atoms with E-state index in [0.717, 1.165) is 0 Å². The van der Waals surface area contributed by atoms with Gasteiger partial charge in [-0.25, -0.2) is 4.39 Å². The molecular formula is C12H7FN2O2. The van der Waals surface area contributed by atoms with Gasteiger partial charge >= 0.3 is 0 Å². The standard InChI is InChI=1S/C12H7FN2O2/c13-8-2-1-3-9-11(8)12(15-14-9)10-5-4-7(6-16)17-10/h1-6H,(H,14,15). The van der Waals surface area contributed by atoms with Crippen molar-refractivity contribution in [3.63, 3.8) is 0 Å². The Bertz CT molecular complexity index is 699. The lowest BCUT2D eigenvalue weighted by Gasteiger charge is -1.94. The number of nitrogens with zero attached hydrogens (tertiary/aromatic N) is 1. The summed E-state index contributed by atoms with van der Waals surface area (Å²) >= 11 is 0. The molecule has 1 N–H and O–H groups in total. The fourth-order valence-corrected chi connectivity index (χ4v) is 1.75. The second kappa shape index (κ2) is 3.55. The zero-order chi connectivity index (χ0) is 11.8. The summed E-state index contributed by atoms with van der Waals surface area (Å²) in [5.74, 6) is 0.172. The fraction of sp³-hybridized carbons (Fsp3) is 0. The van der Waals surface area contributed by atoms with Crippen LogP contribution in [0.2, 0.25) is 0 Å². The maximum absolute atomic E-state index is 13.7. The highest BCUT2D eigenvalue weighted by Crippen LogP contribution is 2.29. The molecule has 3 rings (SSSR count). The second-order valence-corrected chi connectivity index (χ2v) is 3.55. The Labute approximate surface area is 95.1 Å². The molecule has 2 aromatic heterocycles.